The van der Waals surface area contributed by atoms with Gasteiger partial charge in [0, 0.05) is 43.6 Å². The molecule has 3 rings (SSSR count). The maximum absolute atomic E-state index is 11.5. The Morgan fingerprint density at radius 2 is 2.10 bits per heavy atom. The highest BCUT2D eigenvalue weighted by molar-refractivity contribution is 7.10. The summed E-state index contributed by atoms with van der Waals surface area (Å²) in [6.45, 7) is 0. The Hall–Kier alpha value is -2.34. The molecule has 0 radical (unpaired) electrons. The zero-order valence-corrected chi connectivity index (χ0v) is 12.7. The Morgan fingerprint density at radius 3 is 2.71 bits per heavy atom. The molecule has 0 saturated heterocycles. The van der Waals surface area contributed by atoms with Crippen LogP contribution in [0.25, 0.3) is 0 Å². The van der Waals surface area contributed by atoms with Crippen molar-refractivity contribution in [1.29, 1.82) is 0 Å². The standard InChI is InChI=1S/C15H16N4OS/c1-18-8-7-16-15(18)14(12-4-3-9-21-12)17-11-5-6-13(20)19(2)10-11/h3-10,14,17H,1-2H3. The number of pyridine rings is 1. The zero-order valence-electron chi connectivity index (χ0n) is 11.9. The van der Waals surface area contributed by atoms with Crippen molar-refractivity contribution in [3.8, 4) is 0 Å². The summed E-state index contributed by atoms with van der Waals surface area (Å²) in [6, 6.07) is 7.43. The first kappa shape index (κ1) is 13.6. The van der Waals surface area contributed by atoms with Crippen LogP contribution in [0.3, 0.4) is 0 Å². The topological polar surface area (TPSA) is 51.9 Å². The molecule has 0 spiro atoms. The average Bonchev–Trinajstić information content (AvgIpc) is 3.12. The molecule has 0 bridgehead atoms. The van der Waals surface area contributed by atoms with E-state index in [-0.39, 0.29) is 11.6 Å². The van der Waals surface area contributed by atoms with Gasteiger partial charge >= 0.3 is 0 Å². The highest BCUT2D eigenvalue weighted by Gasteiger charge is 2.19. The summed E-state index contributed by atoms with van der Waals surface area (Å²) >= 11 is 1.68. The van der Waals surface area contributed by atoms with Crippen molar-refractivity contribution >= 4 is 17.0 Å². The van der Waals surface area contributed by atoms with Gasteiger partial charge in [0.15, 0.2) is 0 Å². The third-order valence-electron chi connectivity index (χ3n) is 3.34. The third kappa shape index (κ3) is 2.75. The molecule has 1 atom stereocenters. The molecule has 0 aliphatic heterocycles. The molecule has 0 aromatic carbocycles. The largest absolute Gasteiger partial charge is 0.370 e. The van der Waals surface area contributed by atoms with Crippen molar-refractivity contribution in [1.82, 2.24) is 14.1 Å². The fourth-order valence-electron chi connectivity index (χ4n) is 2.22. The van der Waals surface area contributed by atoms with Crippen LogP contribution < -0.4 is 10.9 Å². The van der Waals surface area contributed by atoms with Crippen LogP contribution in [0.4, 0.5) is 5.69 Å². The van der Waals surface area contributed by atoms with Crippen LogP contribution in [0.15, 0.2) is 53.0 Å². The first-order valence-corrected chi connectivity index (χ1v) is 7.47. The number of rotatable bonds is 4. The van der Waals surface area contributed by atoms with Crippen molar-refractivity contribution < 1.29 is 0 Å². The lowest BCUT2D eigenvalue weighted by Crippen LogP contribution is -2.19. The van der Waals surface area contributed by atoms with E-state index in [1.165, 1.54) is 4.88 Å². The van der Waals surface area contributed by atoms with E-state index in [1.807, 2.05) is 29.3 Å². The van der Waals surface area contributed by atoms with Gasteiger partial charge < -0.3 is 14.5 Å². The van der Waals surface area contributed by atoms with Gasteiger partial charge in [-0.1, -0.05) is 6.07 Å². The molecule has 0 aliphatic rings. The van der Waals surface area contributed by atoms with E-state index in [0.29, 0.717) is 0 Å². The minimum absolute atomic E-state index is 0.0229. The molecule has 108 valence electrons. The lowest BCUT2D eigenvalue weighted by molar-refractivity contribution is 0.753. The smallest absolute Gasteiger partial charge is 0.250 e. The molecule has 21 heavy (non-hydrogen) atoms. The van der Waals surface area contributed by atoms with E-state index < -0.39 is 0 Å². The minimum Gasteiger partial charge on any atom is -0.370 e. The summed E-state index contributed by atoms with van der Waals surface area (Å²) in [7, 11) is 3.72. The van der Waals surface area contributed by atoms with Crippen LogP contribution >= 0.6 is 11.3 Å². The molecule has 3 heterocycles. The second-order valence-electron chi connectivity index (χ2n) is 4.86. The lowest BCUT2D eigenvalue weighted by Gasteiger charge is -2.19. The maximum atomic E-state index is 11.5. The Morgan fingerprint density at radius 1 is 1.24 bits per heavy atom. The Kier molecular flexibility index (Phi) is 3.62. The molecule has 0 saturated carbocycles. The monoisotopic (exact) mass is 300 g/mol. The van der Waals surface area contributed by atoms with Crippen LogP contribution in [0, 0.1) is 0 Å². The van der Waals surface area contributed by atoms with Gasteiger partial charge in [0.25, 0.3) is 0 Å². The van der Waals surface area contributed by atoms with Crippen molar-refractivity contribution in [3.05, 3.63) is 69.3 Å². The molecule has 5 nitrogen and oxygen atoms in total. The summed E-state index contributed by atoms with van der Waals surface area (Å²) < 4.78 is 3.56. The lowest BCUT2D eigenvalue weighted by atomic mass is 10.2. The van der Waals surface area contributed by atoms with E-state index in [2.05, 4.69) is 16.4 Å². The number of aryl methyl sites for hydroxylation is 2. The number of anilines is 1. The predicted molar refractivity (Wildman–Crippen MR) is 84.7 cm³/mol. The maximum Gasteiger partial charge on any atom is 0.250 e. The number of hydrogen-bond donors (Lipinski definition) is 1. The van der Waals surface area contributed by atoms with Gasteiger partial charge in [-0.25, -0.2) is 4.98 Å². The molecule has 6 heteroatoms. The highest BCUT2D eigenvalue weighted by atomic mass is 32.1. The first-order valence-electron chi connectivity index (χ1n) is 6.59. The fourth-order valence-corrected chi connectivity index (χ4v) is 2.99. The van der Waals surface area contributed by atoms with Crippen molar-refractivity contribution in [2.75, 3.05) is 5.32 Å². The van der Waals surface area contributed by atoms with E-state index in [9.17, 15) is 4.79 Å². The first-order chi connectivity index (χ1) is 10.1. The van der Waals surface area contributed by atoms with E-state index in [1.54, 1.807) is 47.5 Å². The molecular formula is C15H16N4OS. The van der Waals surface area contributed by atoms with Crippen LogP contribution in [0.1, 0.15) is 16.7 Å². The molecule has 1 unspecified atom stereocenters. The Bertz CT molecular complexity index is 788. The second-order valence-corrected chi connectivity index (χ2v) is 5.84. The minimum atomic E-state index is -0.0393. The van der Waals surface area contributed by atoms with Crippen LogP contribution in [0.5, 0.6) is 0 Å². The summed E-state index contributed by atoms with van der Waals surface area (Å²) in [5, 5.41) is 5.51. The fraction of sp³-hybridized carbons (Fsp3) is 0.200. The van der Waals surface area contributed by atoms with Gasteiger partial charge in [-0.15, -0.1) is 11.3 Å². The molecular weight excluding hydrogens is 284 g/mol. The summed E-state index contributed by atoms with van der Waals surface area (Å²) in [6.07, 6.45) is 5.52. The normalized spacial score (nSPS) is 12.3. The van der Waals surface area contributed by atoms with Gasteiger partial charge in [-0.2, -0.15) is 0 Å². The molecule has 0 amide bonds. The SMILES string of the molecule is Cn1ccnc1C(Nc1ccc(=O)n(C)c1)c1cccs1. The number of imidazole rings is 1. The van der Waals surface area contributed by atoms with Crippen molar-refractivity contribution in [3.63, 3.8) is 0 Å². The van der Waals surface area contributed by atoms with Crippen molar-refractivity contribution in [2.24, 2.45) is 14.1 Å². The number of aromatic nitrogens is 3. The average molecular weight is 300 g/mol. The molecule has 0 fully saturated rings. The zero-order chi connectivity index (χ0) is 14.8. The van der Waals surface area contributed by atoms with Gasteiger partial charge in [0.2, 0.25) is 5.56 Å². The summed E-state index contributed by atoms with van der Waals surface area (Å²) in [5.74, 6) is 0.936. The van der Waals surface area contributed by atoms with Gasteiger partial charge in [0.1, 0.15) is 11.9 Å². The molecule has 0 aliphatic carbocycles. The van der Waals surface area contributed by atoms with Gasteiger partial charge in [0.05, 0.1) is 5.69 Å². The summed E-state index contributed by atoms with van der Waals surface area (Å²) in [4.78, 5) is 17.1. The molecule has 3 aromatic rings. The second kappa shape index (κ2) is 5.57. The number of thiophene rings is 1. The predicted octanol–water partition coefficient (Wildman–Crippen LogP) is 2.38. The van der Waals surface area contributed by atoms with E-state index in [0.717, 1.165) is 11.5 Å². The molecule has 1 N–H and O–H groups in total. The van der Waals surface area contributed by atoms with Gasteiger partial charge in [-0.05, 0) is 17.5 Å². The van der Waals surface area contributed by atoms with Gasteiger partial charge in [-0.3, -0.25) is 4.79 Å². The summed E-state index contributed by atoms with van der Waals surface area (Å²) in [5.41, 5.74) is 0.865. The highest BCUT2D eigenvalue weighted by Crippen LogP contribution is 2.28. The number of hydrogen-bond acceptors (Lipinski definition) is 4. The Labute approximate surface area is 126 Å². The number of nitrogens with one attached hydrogen (secondary N) is 1. The van der Waals surface area contributed by atoms with Crippen LogP contribution in [-0.2, 0) is 14.1 Å². The van der Waals surface area contributed by atoms with E-state index >= 15 is 0 Å². The third-order valence-corrected chi connectivity index (χ3v) is 4.28. The quantitative estimate of drug-likeness (QED) is 0.805. The molecule has 3 aromatic heterocycles. The van der Waals surface area contributed by atoms with Crippen LogP contribution in [0.2, 0.25) is 0 Å². The van der Waals surface area contributed by atoms with Crippen molar-refractivity contribution in [2.45, 2.75) is 6.04 Å². The number of nitrogens with zero attached hydrogens (tertiary/aromatic N) is 3. The Balaban J connectivity index is 1.98. The van der Waals surface area contributed by atoms with Crippen LogP contribution in [-0.4, -0.2) is 14.1 Å². The van der Waals surface area contributed by atoms with E-state index in [4.69, 9.17) is 0 Å².